The van der Waals surface area contributed by atoms with Gasteiger partial charge < -0.3 is 14.8 Å². The molecule has 2 N–H and O–H groups in total. The number of nitrogens with one attached hydrogen (secondary N) is 1. The van der Waals surface area contributed by atoms with E-state index in [-0.39, 0.29) is 6.61 Å². The Bertz CT molecular complexity index is 613. The zero-order valence-electron chi connectivity index (χ0n) is 15.0. The maximum absolute atomic E-state index is 9.01. The number of rotatable bonds is 7. The second-order valence-electron chi connectivity index (χ2n) is 6.99. The van der Waals surface area contributed by atoms with Crippen molar-refractivity contribution in [3.63, 3.8) is 0 Å². The Morgan fingerprint density at radius 3 is 2.12 bits per heavy atom. The summed E-state index contributed by atoms with van der Waals surface area (Å²) in [6, 6.07) is 12.7. The molecule has 1 aliphatic rings. The minimum Gasteiger partial charge on any atom is -0.462 e. The zero-order chi connectivity index (χ0) is 17.3. The van der Waals surface area contributed by atoms with Gasteiger partial charge in [0.15, 0.2) is 0 Å². The molecule has 25 heavy (non-hydrogen) atoms. The van der Waals surface area contributed by atoms with E-state index in [0.29, 0.717) is 12.3 Å². The maximum atomic E-state index is 9.01. The summed E-state index contributed by atoms with van der Waals surface area (Å²) in [5, 5.41) is 12.4. The molecule has 1 saturated heterocycles. The number of likely N-dealkylation sites (tertiary alicyclic amines) is 1. The van der Waals surface area contributed by atoms with Gasteiger partial charge in [-0.3, -0.25) is 4.90 Å². The Hall–Kier alpha value is -1.62. The van der Waals surface area contributed by atoms with Crippen molar-refractivity contribution >= 4 is 0 Å². The molecule has 1 aromatic heterocycles. The largest absolute Gasteiger partial charge is 0.462 e. The lowest BCUT2D eigenvalue weighted by Gasteiger charge is -2.24. The Morgan fingerprint density at radius 1 is 0.800 bits per heavy atom. The molecule has 0 spiro atoms. The average Bonchev–Trinajstić information content (AvgIpc) is 3.07. The Morgan fingerprint density at radius 2 is 1.44 bits per heavy atom. The second kappa shape index (κ2) is 9.76. The molecule has 0 saturated carbocycles. The normalized spacial score (nSPS) is 16.5. The molecule has 4 heteroatoms. The van der Waals surface area contributed by atoms with Crippen molar-refractivity contribution in [2.24, 2.45) is 0 Å². The molecule has 3 rings (SSSR count). The van der Waals surface area contributed by atoms with Crippen LogP contribution in [0.4, 0.5) is 0 Å². The fourth-order valence-corrected chi connectivity index (χ4v) is 3.42. The maximum Gasteiger partial charge on any atom is 0.129 e. The van der Waals surface area contributed by atoms with Crippen molar-refractivity contribution in [2.75, 3.05) is 13.1 Å². The van der Waals surface area contributed by atoms with E-state index in [1.807, 2.05) is 12.1 Å². The molecule has 0 atom stereocenters. The summed E-state index contributed by atoms with van der Waals surface area (Å²) >= 11 is 0. The SMILES string of the molecule is OCc1ccc(CNCc2ccc(CN3CCCCCCC3)cc2)o1. The summed E-state index contributed by atoms with van der Waals surface area (Å²) in [4.78, 5) is 2.60. The van der Waals surface area contributed by atoms with Crippen molar-refractivity contribution in [1.82, 2.24) is 10.2 Å². The van der Waals surface area contributed by atoms with Gasteiger partial charge in [0.05, 0.1) is 6.54 Å². The van der Waals surface area contributed by atoms with Crippen molar-refractivity contribution in [3.8, 4) is 0 Å². The third kappa shape index (κ3) is 5.99. The van der Waals surface area contributed by atoms with E-state index in [4.69, 9.17) is 9.52 Å². The number of aliphatic hydroxyl groups excluding tert-OH is 1. The van der Waals surface area contributed by atoms with Crippen LogP contribution in [0.5, 0.6) is 0 Å². The summed E-state index contributed by atoms with van der Waals surface area (Å²) in [5.41, 5.74) is 2.69. The van der Waals surface area contributed by atoms with E-state index in [1.54, 1.807) is 0 Å². The smallest absolute Gasteiger partial charge is 0.129 e. The van der Waals surface area contributed by atoms with Crippen LogP contribution in [-0.2, 0) is 26.2 Å². The highest BCUT2D eigenvalue weighted by Crippen LogP contribution is 2.14. The predicted octanol–water partition coefficient (Wildman–Crippen LogP) is 3.83. The molecule has 0 radical (unpaired) electrons. The molecule has 2 aromatic rings. The van der Waals surface area contributed by atoms with E-state index in [0.717, 1.165) is 18.8 Å². The summed E-state index contributed by atoms with van der Waals surface area (Å²) < 4.78 is 5.48. The molecule has 0 bridgehead atoms. The van der Waals surface area contributed by atoms with Gasteiger partial charge in [-0.05, 0) is 49.2 Å². The zero-order valence-corrected chi connectivity index (χ0v) is 15.0. The molecule has 0 aliphatic carbocycles. The standard InChI is InChI=1S/C21H30N2O2/c24-17-21-11-10-20(25-21)15-22-14-18-6-8-19(9-7-18)16-23-12-4-2-1-3-5-13-23/h6-11,22,24H,1-5,12-17H2. The fraction of sp³-hybridized carbons (Fsp3) is 0.524. The molecule has 1 aliphatic heterocycles. The highest BCUT2D eigenvalue weighted by atomic mass is 16.4. The quantitative estimate of drug-likeness (QED) is 0.803. The number of aliphatic hydroxyl groups is 1. The van der Waals surface area contributed by atoms with E-state index in [1.165, 1.54) is 56.3 Å². The third-order valence-electron chi connectivity index (χ3n) is 4.88. The van der Waals surface area contributed by atoms with Gasteiger partial charge in [0.25, 0.3) is 0 Å². The molecular weight excluding hydrogens is 312 g/mol. The van der Waals surface area contributed by atoms with E-state index < -0.39 is 0 Å². The van der Waals surface area contributed by atoms with E-state index in [2.05, 4.69) is 34.5 Å². The monoisotopic (exact) mass is 342 g/mol. The van der Waals surface area contributed by atoms with Gasteiger partial charge in [-0.2, -0.15) is 0 Å². The van der Waals surface area contributed by atoms with Gasteiger partial charge in [0.2, 0.25) is 0 Å². The molecule has 0 amide bonds. The first-order chi connectivity index (χ1) is 12.3. The summed E-state index contributed by atoms with van der Waals surface area (Å²) in [5.74, 6) is 1.48. The number of hydrogen-bond donors (Lipinski definition) is 2. The molecule has 4 nitrogen and oxygen atoms in total. The second-order valence-corrected chi connectivity index (χ2v) is 6.99. The number of benzene rings is 1. The highest BCUT2D eigenvalue weighted by Gasteiger charge is 2.08. The highest BCUT2D eigenvalue weighted by molar-refractivity contribution is 5.22. The molecule has 1 aromatic carbocycles. The number of hydrogen-bond acceptors (Lipinski definition) is 4. The Kier molecular flexibility index (Phi) is 7.10. The topological polar surface area (TPSA) is 48.6 Å². The summed E-state index contributed by atoms with van der Waals surface area (Å²) in [7, 11) is 0. The lowest BCUT2D eigenvalue weighted by atomic mass is 10.1. The van der Waals surface area contributed by atoms with Crippen molar-refractivity contribution in [2.45, 2.75) is 58.3 Å². The summed E-state index contributed by atoms with van der Waals surface area (Å²) in [6.07, 6.45) is 6.86. The first kappa shape index (κ1) is 18.2. The van der Waals surface area contributed by atoms with Crippen LogP contribution >= 0.6 is 0 Å². The van der Waals surface area contributed by atoms with Gasteiger partial charge in [-0.1, -0.05) is 43.5 Å². The number of nitrogens with zero attached hydrogens (tertiary/aromatic N) is 1. The van der Waals surface area contributed by atoms with Crippen molar-refractivity contribution < 1.29 is 9.52 Å². The summed E-state index contributed by atoms with van der Waals surface area (Å²) in [6.45, 7) is 5.00. The molecule has 0 unspecified atom stereocenters. The van der Waals surface area contributed by atoms with Crippen LogP contribution in [0.3, 0.4) is 0 Å². The third-order valence-corrected chi connectivity index (χ3v) is 4.88. The van der Waals surface area contributed by atoms with Crippen LogP contribution < -0.4 is 5.32 Å². The van der Waals surface area contributed by atoms with Crippen LogP contribution in [0, 0.1) is 0 Å². The van der Waals surface area contributed by atoms with E-state index in [9.17, 15) is 0 Å². The minimum atomic E-state index is -0.0432. The van der Waals surface area contributed by atoms with Gasteiger partial charge in [-0.25, -0.2) is 0 Å². The van der Waals surface area contributed by atoms with Crippen LogP contribution in [0.2, 0.25) is 0 Å². The predicted molar refractivity (Wildman–Crippen MR) is 100.0 cm³/mol. The lowest BCUT2D eigenvalue weighted by Crippen LogP contribution is -2.26. The van der Waals surface area contributed by atoms with Gasteiger partial charge in [-0.15, -0.1) is 0 Å². The Balaban J connectivity index is 1.43. The molecule has 136 valence electrons. The van der Waals surface area contributed by atoms with Crippen LogP contribution in [0.1, 0.15) is 54.8 Å². The van der Waals surface area contributed by atoms with Crippen molar-refractivity contribution in [1.29, 1.82) is 0 Å². The molecule has 2 heterocycles. The average molecular weight is 342 g/mol. The van der Waals surface area contributed by atoms with Gasteiger partial charge in [0, 0.05) is 13.1 Å². The molecule has 1 fully saturated rings. The lowest BCUT2D eigenvalue weighted by molar-refractivity contribution is 0.240. The van der Waals surface area contributed by atoms with Gasteiger partial charge in [0.1, 0.15) is 18.1 Å². The van der Waals surface area contributed by atoms with E-state index >= 15 is 0 Å². The van der Waals surface area contributed by atoms with Crippen LogP contribution in [-0.4, -0.2) is 23.1 Å². The fourth-order valence-electron chi connectivity index (χ4n) is 3.42. The number of furan rings is 1. The van der Waals surface area contributed by atoms with Gasteiger partial charge >= 0.3 is 0 Å². The first-order valence-corrected chi connectivity index (χ1v) is 9.53. The first-order valence-electron chi connectivity index (χ1n) is 9.53. The minimum absolute atomic E-state index is 0.0432. The Labute approximate surface area is 150 Å². The van der Waals surface area contributed by atoms with Crippen LogP contribution in [0.25, 0.3) is 0 Å². The van der Waals surface area contributed by atoms with Crippen molar-refractivity contribution in [3.05, 3.63) is 59.0 Å². The molecular formula is C21H30N2O2. The van der Waals surface area contributed by atoms with Crippen LogP contribution in [0.15, 0.2) is 40.8 Å².